The number of ether oxygens (including phenoxy) is 1. The van der Waals surface area contributed by atoms with E-state index in [0.717, 1.165) is 41.3 Å². The van der Waals surface area contributed by atoms with Crippen LogP contribution in [-0.4, -0.2) is 55.5 Å². The standard InChI is InChI=1S/C30H36N4O5S/c1-30(2,3)39-29(36)34-14-4-5-20(19-34)17-32-40(37,38)25-10-7-21(8-11-25)26-16-27(26)28(35)33-24-9-6-23-18-31-13-12-22(23)15-24/h6-13,15,18,20,26-27,32H,4-5,14,16-17,19H2,1-3H3,(H,33,35)/t20-,26-,27+/m0/s1. The molecule has 5 rings (SSSR count). The zero-order valence-electron chi connectivity index (χ0n) is 23.1. The van der Waals surface area contributed by atoms with Crippen LogP contribution in [0.3, 0.4) is 0 Å². The van der Waals surface area contributed by atoms with E-state index in [0.29, 0.717) is 13.1 Å². The van der Waals surface area contributed by atoms with Crippen LogP contribution in [-0.2, 0) is 19.6 Å². The molecule has 1 aromatic heterocycles. The number of carbonyl (C=O) groups excluding carboxylic acids is 2. The first-order valence-corrected chi connectivity index (χ1v) is 15.2. The van der Waals surface area contributed by atoms with Gasteiger partial charge < -0.3 is 15.0 Å². The Hall–Kier alpha value is -3.50. The fourth-order valence-corrected chi connectivity index (χ4v) is 6.29. The number of aromatic nitrogens is 1. The van der Waals surface area contributed by atoms with Crippen LogP contribution in [0.4, 0.5) is 10.5 Å². The first-order chi connectivity index (χ1) is 19.0. The Bertz CT molecular complexity index is 1500. The third kappa shape index (κ3) is 6.79. The number of benzene rings is 2. The van der Waals surface area contributed by atoms with E-state index in [1.165, 1.54) is 0 Å². The van der Waals surface area contributed by atoms with Gasteiger partial charge in [-0.3, -0.25) is 9.78 Å². The summed E-state index contributed by atoms with van der Waals surface area (Å²) in [5.74, 6) is -0.103. The molecular weight excluding hydrogens is 528 g/mol. The molecule has 3 atom stereocenters. The largest absolute Gasteiger partial charge is 0.444 e. The third-order valence-electron chi connectivity index (χ3n) is 7.39. The molecule has 2 N–H and O–H groups in total. The minimum atomic E-state index is -3.71. The van der Waals surface area contributed by atoms with Gasteiger partial charge in [0.2, 0.25) is 15.9 Å². The first kappa shape index (κ1) is 28.0. The summed E-state index contributed by atoms with van der Waals surface area (Å²) in [6.07, 6.45) is 5.51. The maximum atomic E-state index is 13.0. The molecular formula is C30H36N4O5S. The van der Waals surface area contributed by atoms with Crippen molar-refractivity contribution in [3.63, 3.8) is 0 Å². The fraction of sp³-hybridized carbons (Fsp3) is 0.433. The molecule has 2 fully saturated rings. The molecule has 0 radical (unpaired) electrons. The Kier molecular flexibility index (Phi) is 7.83. The summed E-state index contributed by atoms with van der Waals surface area (Å²) < 4.78 is 34.1. The minimum Gasteiger partial charge on any atom is -0.444 e. The number of fused-ring (bicyclic) bond motifs is 1. The van der Waals surface area contributed by atoms with Gasteiger partial charge in [-0.05, 0) is 93.2 Å². The molecule has 1 saturated carbocycles. The molecule has 3 aromatic rings. The molecule has 1 aliphatic carbocycles. The number of carbonyl (C=O) groups is 2. The fourth-order valence-electron chi connectivity index (χ4n) is 5.18. The van der Waals surface area contributed by atoms with Gasteiger partial charge in [-0.2, -0.15) is 0 Å². The molecule has 2 amide bonds. The average molecular weight is 565 g/mol. The van der Waals surface area contributed by atoms with Gasteiger partial charge in [0.05, 0.1) is 4.90 Å². The molecule has 0 unspecified atom stereocenters. The Morgan fingerprint density at radius 3 is 2.60 bits per heavy atom. The number of amides is 2. The van der Waals surface area contributed by atoms with Crippen LogP contribution >= 0.6 is 0 Å². The van der Waals surface area contributed by atoms with Gasteiger partial charge in [-0.15, -0.1) is 0 Å². The lowest BCUT2D eigenvalue weighted by molar-refractivity contribution is -0.117. The van der Waals surface area contributed by atoms with E-state index in [1.54, 1.807) is 41.6 Å². The van der Waals surface area contributed by atoms with E-state index in [1.807, 2.05) is 45.0 Å². The highest BCUT2D eigenvalue weighted by atomic mass is 32.2. The van der Waals surface area contributed by atoms with Gasteiger partial charge in [-0.25, -0.2) is 17.9 Å². The van der Waals surface area contributed by atoms with Crippen molar-refractivity contribution in [2.75, 3.05) is 25.0 Å². The highest BCUT2D eigenvalue weighted by Gasteiger charge is 2.44. The van der Waals surface area contributed by atoms with Gasteiger partial charge in [0.25, 0.3) is 0 Å². The van der Waals surface area contributed by atoms with E-state index < -0.39 is 15.6 Å². The van der Waals surface area contributed by atoms with Gasteiger partial charge in [0.1, 0.15) is 5.60 Å². The van der Waals surface area contributed by atoms with Crippen LogP contribution in [0.2, 0.25) is 0 Å². The lowest BCUT2D eigenvalue weighted by Gasteiger charge is -2.34. The summed E-state index contributed by atoms with van der Waals surface area (Å²) in [5.41, 5.74) is 1.12. The second-order valence-corrected chi connectivity index (χ2v) is 13.5. The monoisotopic (exact) mass is 564 g/mol. The van der Waals surface area contributed by atoms with Crippen LogP contribution in [0.5, 0.6) is 0 Å². The number of anilines is 1. The van der Waals surface area contributed by atoms with Crippen molar-refractivity contribution in [1.82, 2.24) is 14.6 Å². The van der Waals surface area contributed by atoms with Crippen molar-refractivity contribution in [2.45, 2.75) is 56.4 Å². The van der Waals surface area contributed by atoms with E-state index in [9.17, 15) is 18.0 Å². The molecule has 2 aromatic carbocycles. The highest BCUT2D eigenvalue weighted by molar-refractivity contribution is 7.89. The Labute approximate surface area is 235 Å². The van der Waals surface area contributed by atoms with Crippen molar-refractivity contribution >= 4 is 38.5 Å². The maximum absolute atomic E-state index is 13.0. The Balaban J connectivity index is 1.13. The van der Waals surface area contributed by atoms with Crippen LogP contribution in [0, 0.1) is 11.8 Å². The van der Waals surface area contributed by atoms with Crippen molar-refractivity contribution in [3.05, 3.63) is 66.5 Å². The second kappa shape index (κ2) is 11.2. The number of likely N-dealkylation sites (tertiary alicyclic amines) is 1. The van der Waals surface area contributed by atoms with Crippen LogP contribution < -0.4 is 10.0 Å². The Morgan fingerprint density at radius 2 is 1.85 bits per heavy atom. The summed E-state index contributed by atoms with van der Waals surface area (Å²) in [4.78, 5) is 31.2. The molecule has 10 heteroatoms. The SMILES string of the molecule is CC(C)(C)OC(=O)N1CCC[C@@H](CNS(=O)(=O)c2ccc([C@@H]3C[C@H]3C(=O)Nc3ccc4cnccc4c3)cc2)C1. The van der Waals surface area contributed by atoms with E-state index in [-0.39, 0.29) is 41.2 Å². The molecule has 2 aliphatic rings. The van der Waals surface area contributed by atoms with Crippen LogP contribution in [0.1, 0.15) is 51.5 Å². The summed E-state index contributed by atoms with van der Waals surface area (Å²) in [6.45, 7) is 6.80. The molecule has 1 aliphatic heterocycles. The van der Waals surface area contributed by atoms with Gasteiger partial charge in [-0.1, -0.05) is 18.2 Å². The summed E-state index contributed by atoms with van der Waals surface area (Å²) in [7, 11) is -3.71. The number of pyridine rings is 1. The minimum absolute atomic E-state index is 0.0142. The summed E-state index contributed by atoms with van der Waals surface area (Å²) >= 11 is 0. The number of hydrogen-bond donors (Lipinski definition) is 2. The molecule has 212 valence electrons. The summed E-state index contributed by atoms with van der Waals surface area (Å²) in [6, 6.07) is 14.4. The number of nitrogens with zero attached hydrogens (tertiary/aromatic N) is 2. The van der Waals surface area contributed by atoms with Crippen molar-refractivity contribution < 1.29 is 22.7 Å². The topological polar surface area (TPSA) is 118 Å². The average Bonchev–Trinajstić information content (AvgIpc) is 3.73. The van der Waals surface area contributed by atoms with Crippen LogP contribution in [0.15, 0.2) is 65.8 Å². The third-order valence-corrected chi connectivity index (χ3v) is 8.83. The number of nitrogens with one attached hydrogen (secondary N) is 2. The van der Waals surface area contributed by atoms with Crippen molar-refractivity contribution in [2.24, 2.45) is 11.8 Å². The Morgan fingerprint density at radius 1 is 1.07 bits per heavy atom. The zero-order chi connectivity index (χ0) is 28.5. The van der Waals surface area contributed by atoms with Crippen molar-refractivity contribution in [3.8, 4) is 0 Å². The predicted octanol–water partition coefficient (Wildman–Crippen LogP) is 4.90. The van der Waals surface area contributed by atoms with Crippen molar-refractivity contribution in [1.29, 1.82) is 0 Å². The molecule has 2 heterocycles. The van der Waals surface area contributed by atoms with Gasteiger partial charge in [0, 0.05) is 49.0 Å². The number of rotatable bonds is 7. The lowest BCUT2D eigenvalue weighted by atomic mass is 9.99. The van der Waals surface area contributed by atoms with E-state index >= 15 is 0 Å². The molecule has 9 nitrogen and oxygen atoms in total. The predicted molar refractivity (Wildman–Crippen MR) is 153 cm³/mol. The normalized spacial score (nSPS) is 21.2. The van der Waals surface area contributed by atoms with E-state index in [2.05, 4.69) is 15.0 Å². The summed E-state index contributed by atoms with van der Waals surface area (Å²) in [5, 5.41) is 5.02. The van der Waals surface area contributed by atoms with Gasteiger partial charge in [0.15, 0.2) is 0 Å². The molecule has 0 spiro atoms. The number of sulfonamides is 1. The van der Waals surface area contributed by atoms with Gasteiger partial charge >= 0.3 is 6.09 Å². The molecule has 40 heavy (non-hydrogen) atoms. The lowest BCUT2D eigenvalue weighted by Crippen LogP contribution is -2.45. The smallest absolute Gasteiger partial charge is 0.410 e. The van der Waals surface area contributed by atoms with Crippen LogP contribution in [0.25, 0.3) is 10.8 Å². The zero-order valence-corrected chi connectivity index (χ0v) is 23.9. The number of hydrogen-bond acceptors (Lipinski definition) is 6. The maximum Gasteiger partial charge on any atom is 0.410 e. The molecule has 0 bridgehead atoms. The first-order valence-electron chi connectivity index (χ1n) is 13.7. The highest BCUT2D eigenvalue weighted by Crippen LogP contribution is 2.48. The molecule has 1 saturated heterocycles. The number of piperidine rings is 1. The second-order valence-electron chi connectivity index (χ2n) is 11.7. The van der Waals surface area contributed by atoms with E-state index in [4.69, 9.17) is 4.74 Å². The quantitative estimate of drug-likeness (QED) is 0.421.